The van der Waals surface area contributed by atoms with Crippen LogP contribution in [0.1, 0.15) is 47.8 Å². The van der Waals surface area contributed by atoms with E-state index in [9.17, 15) is 9.59 Å². The number of rotatable bonds is 7. The molecule has 0 saturated carbocycles. The monoisotopic (exact) mass is 390 g/mol. The average molecular weight is 391 g/mol. The third-order valence-electron chi connectivity index (χ3n) is 3.80. The third-order valence-corrected chi connectivity index (χ3v) is 4.07. The molecule has 0 aliphatic heterocycles. The molecule has 0 spiro atoms. The molecule has 0 fully saturated rings. The molecule has 1 atom stereocenters. The molecule has 27 heavy (non-hydrogen) atoms. The summed E-state index contributed by atoms with van der Waals surface area (Å²) in [5.41, 5.74) is 2.16. The lowest BCUT2D eigenvalue weighted by Gasteiger charge is -2.19. The molecule has 1 N–H and O–H groups in total. The van der Waals surface area contributed by atoms with Gasteiger partial charge in [0.15, 0.2) is 0 Å². The lowest BCUT2D eigenvalue weighted by atomic mass is 10.0. The summed E-state index contributed by atoms with van der Waals surface area (Å²) in [4.78, 5) is 28.5. The second kappa shape index (κ2) is 9.37. The lowest BCUT2D eigenvalue weighted by molar-refractivity contribution is -0.141. The smallest absolute Gasteiger partial charge is 0.307 e. The number of carbonyl (C=O) groups excluding carboxylic acids is 2. The number of methoxy groups -OCH3 is 1. The van der Waals surface area contributed by atoms with Crippen LogP contribution in [-0.4, -0.2) is 30.1 Å². The van der Waals surface area contributed by atoms with Gasteiger partial charge < -0.3 is 14.8 Å². The number of carbonyl (C=O) groups is 2. The van der Waals surface area contributed by atoms with Crippen LogP contribution in [0.15, 0.2) is 36.5 Å². The second-order valence-electron chi connectivity index (χ2n) is 6.39. The first kappa shape index (κ1) is 20.7. The van der Waals surface area contributed by atoms with Crippen LogP contribution < -0.4 is 10.1 Å². The lowest BCUT2D eigenvalue weighted by Crippen LogP contribution is -2.30. The normalized spacial score (nSPS) is 11.8. The van der Waals surface area contributed by atoms with Crippen molar-refractivity contribution >= 4 is 23.5 Å². The molecule has 144 valence electrons. The number of nitrogens with one attached hydrogen (secondary N) is 1. The first-order chi connectivity index (χ1) is 12.8. The predicted octanol–water partition coefficient (Wildman–Crippen LogP) is 3.86. The summed E-state index contributed by atoms with van der Waals surface area (Å²) in [5.74, 6) is -0.541. The fourth-order valence-corrected chi connectivity index (χ4v) is 2.61. The summed E-state index contributed by atoms with van der Waals surface area (Å²) in [6, 6.07) is 8.54. The van der Waals surface area contributed by atoms with Crippen molar-refractivity contribution in [2.45, 2.75) is 39.3 Å². The van der Waals surface area contributed by atoms with E-state index in [0.29, 0.717) is 0 Å². The van der Waals surface area contributed by atoms with Crippen molar-refractivity contribution in [2.24, 2.45) is 0 Å². The van der Waals surface area contributed by atoms with Crippen molar-refractivity contribution in [1.29, 1.82) is 0 Å². The van der Waals surface area contributed by atoms with Gasteiger partial charge in [-0.1, -0.05) is 41.4 Å². The number of ether oxygens (including phenoxy) is 2. The van der Waals surface area contributed by atoms with Gasteiger partial charge in [0, 0.05) is 6.20 Å². The Morgan fingerprint density at radius 1 is 1.22 bits per heavy atom. The standard InChI is InChI=1S/C20H23ClN2O4/c1-12(2)27-20-16(21)9-15(11-22-20)19(25)23-17(10-18(24)26-4)14-7-5-13(3)6-8-14/h5-9,11-12,17H,10H2,1-4H3,(H,23,25). The Morgan fingerprint density at radius 3 is 2.44 bits per heavy atom. The first-order valence-electron chi connectivity index (χ1n) is 8.56. The fourth-order valence-electron chi connectivity index (χ4n) is 2.40. The number of aryl methyl sites for hydroxylation is 1. The number of hydrogen-bond donors (Lipinski definition) is 1. The molecule has 0 bridgehead atoms. The Bertz CT molecular complexity index is 806. The minimum Gasteiger partial charge on any atom is -0.474 e. The predicted molar refractivity (Wildman–Crippen MR) is 103 cm³/mol. The van der Waals surface area contributed by atoms with E-state index >= 15 is 0 Å². The molecule has 2 rings (SSSR count). The maximum absolute atomic E-state index is 12.6. The van der Waals surface area contributed by atoms with Gasteiger partial charge in [-0.15, -0.1) is 0 Å². The molecule has 1 aromatic heterocycles. The van der Waals surface area contributed by atoms with E-state index in [1.165, 1.54) is 19.4 Å². The summed E-state index contributed by atoms with van der Waals surface area (Å²) >= 11 is 6.15. The van der Waals surface area contributed by atoms with Crippen molar-refractivity contribution in [3.63, 3.8) is 0 Å². The van der Waals surface area contributed by atoms with E-state index in [2.05, 4.69) is 10.3 Å². The Labute approximate surface area is 163 Å². The average Bonchev–Trinajstić information content (AvgIpc) is 2.62. The van der Waals surface area contributed by atoms with Crippen LogP contribution in [0.5, 0.6) is 5.88 Å². The highest BCUT2D eigenvalue weighted by Gasteiger charge is 2.21. The van der Waals surface area contributed by atoms with Crippen LogP contribution in [0.3, 0.4) is 0 Å². The highest BCUT2D eigenvalue weighted by Crippen LogP contribution is 2.24. The van der Waals surface area contributed by atoms with Crippen molar-refractivity contribution in [1.82, 2.24) is 10.3 Å². The molecule has 0 aliphatic carbocycles. The van der Waals surface area contributed by atoms with Gasteiger partial charge in [0.1, 0.15) is 5.02 Å². The van der Waals surface area contributed by atoms with E-state index in [1.807, 2.05) is 45.0 Å². The highest BCUT2D eigenvalue weighted by atomic mass is 35.5. The number of amides is 1. The topological polar surface area (TPSA) is 77.5 Å². The quantitative estimate of drug-likeness (QED) is 0.726. The summed E-state index contributed by atoms with van der Waals surface area (Å²) in [5, 5.41) is 3.09. The van der Waals surface area contributed by atoms with Crippen LogP contribution in [0.25, 0.3) is 0 Å². The zero-order chi connectivity index (χ0) is 20.0. The highest BCUT2D eigenvalue weighted by molar-refractivity contribution is 6.32. The van der Waals surface area contributed by atoms with Gasteiger partial charge >= 0.3 is 5.97 Å². The van der Waals surface area contributed by atoms with E-state index in [0.717, 1.165) is 11.1 Å². The Balaban J connectivity index is 2.20. The summed E-state index contributed by atoms with van der Waals surface area (Å²) in [7, 11) is 1.31. The van der Waals surface area contributed by atoms with Crippen LogP contribution >= 0.6 is 11.6 Å². The molecule has 0 aliphatic rings. The molecule has 1 unspecified atom stereocenters. The van der Waals surface area contributed by atoms with Crippen molar-refractivity contribution < 1.29 is 19.1 Å². The maximum Gasteiger partial charge on any atom is 0.307 e. The SMILES string of the molecule is COC(=O)CC(NC(=O)c1cnc(OC(C)C)c(Cl)c1)c1ccc(C)cc1. The Hall–Kier alpha value is -2.60. The molecule has 0 saturated heterocycles. The molecule has 1 aromatic carbocycles. The minimum absolute atomic E-state index is 0.0149. The summed E-state index contributed by atoms with van der Waals surface area (Å²) in [6.07, 6.45) is 1.32. The number of halogens is 1. The molecule has 7 heteroatoms. The number of esters is 1. The van der Waals surface area contributed by atoms with Crippen LogP contribution in [0, 0.1) is 6.92 Å². The number of nitrogens with zero attached hydrogens (tertiary/aromatic N) is 1. The fraction of sp³-hybridized carbons (Fsp3) is 0.350. The van der Waals surface area contributed by atoms with E-state index in [4.69, 9.17) is 21.1 Å². The number of aromatic nitrogens is 1. The van der Waals surface area contributed by atoms with E-state index in [1.54, 1.807) is 0 Å². The van der Waals surface area contributed by atoms with Gasteiger partial charge in [0.2, 0.25) is 5.88 Å². The number of pyridine rings is 1. The van der Waals surface area contributed by atoms with Crippen molar-refractivity contribution in [2.75, 3.05) is 7.11 Å². The number of benzene rings is 1. The molecular weight excluding hydrogens is 368 g/mol. The second-order valence-corrected chi connectivity index (χ2v) is 6.80. The van der Waals surface area contributed by atoms with Gasteiger partial charge in [-0.25, -0.2) is 4.98 Å². The van der Waals surface area contributed by atoms with E-state index in [-0.39, 0.29) is 29.0 Å². The molecule has 1 amide bonds. The minimum atomic E-state index is -0.532. The Kier molecular flexibility index (Phi) is 7.19. The molecule has 0 radical (unpaired) electrons. The zero-order valence-electron chi connectivity index (χ0n) is 15.8. The van der Waals surface area contributed by atoms with Crippen molar-refractivity contribution in [3.8, 4) is 5.88 Å². The van der Waals surface area contributed by atoms with Gasteiger partial charge in [0.05, 0.1) is 31.2 Å². The van der Waals surface area contributed by atoms with E-state index < -0.39 is 17.9 Å². The first-order valence-corrected chi connectivity index (χ1v) is 8.94. The van der Waals surface area contributed by atoms with Crippen LogP contribution in [0.4, 0.5) is 0 Å². The van der Waals surface area contributed by atoms with Crippen LogP contribution in [0.2, 0.25) is 5.02 Å². The molecule has 2 aromatic rings. The number of hydrogen-bond acceptors (Lipinski definition) is 5. The van der Waals surface area contributed by atoms with Crippen LogP contribution in [-0.2, 0) is 9.53 Å². The molecule has 6 nitrogen and oxygen atoms in total. The van der Waals surface area contributed by atoms with Crippen molar-refractivity contribution in [3.05, 3.63) is 58.2 Å². The summed E-state index contributed by atoms with van der Waals surface area (Å²) in [6.45, 7) is 5.68. The third kappa shape index (κ3) is 5.96. The van der Waals surface area contributed by atoms with Gasteiger partial charge in [-0.3, -0.25) is 9.59 Å². The largest absolute Gasteiger partial charge is 0.474 e. The van der Waals surface area contributed by atoms with Gasteiger partial charge in [0.25, 0.3) is 5.91 Å². The Morgan fingerprint density at radius 2 is 1.89 bits per heavy atom. The van der Waals surface area contributed by atoms with Gasteiger partial charge in [-0.2, -0.15) is 0 Å². The molecule has 1 heterocycles. The summed E-state index contributed by atoms with van der Waals surface area (Å²) < 4.78 is 10.2. The molecular formula is C20H23ClN2O4. The maximum atomic E-state index is 12.6. The van der Waals surface area contributed by atoms with Gasteiger partial charge in [-0.05, 0) is 32.4 Å². The zero-order valence-corrected chi connectivity index (χ0v) is 16.5.